The molecule has 0 amide bonds. The second kappa shape index (κ2) is 6.70. The Bertz CT molecular complexity index is 744. The van der Waals surface area contributed by atoms with E-state index in [4.69, 9.17) is 9.47 Å². The van der Waals surface area contributed by atoms with Crippen LogP contribution in [0.25, 0.3) is 11.3 Å². The third kappa shape index (κ3) is 2.81. The van der Waals surface area contributed by atoms with Gasteiger partial charge in [-0.05, 0) is 31.5 Å². The van der Waals surface area contributed by atoms with E-state index in [2.05, 4.69) is 15.5 Å². The molecule has 1 aliphatic heterocycles. The first-order valence-electron chi connectivity index (χ1n) is 7.82. The summed E-state index contributed by atoms with van der Waals surface area (Å²) in [5.74, 6) is -0.119. The van der Waals surface area contributed by atoms with Gasteiger partial charge in [0, 0.05) is 24.8 Å². The number of aromatic hydroxyl groups is 1. The van der Waals surface area contributed by atoms with E-state index in [9.17, 15) is 9.50 Å². The molecule has 0 bridgehead atoms. The van der Waals surface area contributed by atoms with Crippen LogP contribution in [0, 0.1) is 12.7 Å². The van der Waals surface area contributed by atoms with Crippen molar-refractivity contribution in [2.45, 2.75) is 26.6 Å². The summed E-state index contributed by atoms with van der Waals surface area (Å²) < 4.78 is 25.7. The molecule has 0 spiro atoms. The summed E-state index contributed by atoms with van der Waals surface area (Å²) >= 11 is 0. The summed E-state index contributed by atoms with van der Waals surface area (Å²) in [4.78, 5) is 0. The van der Waals surface area contributed by atoms with Crippen molar-refractivity contribution in [3.8, 4) is 17.0 Å². The summed E-state index contributed by atoms with van der Waals surface area (Å²) in [6, 6.07) is 2.87. The zero-order valence-electron chi connectivity index (χ0n) is 13.9. The first-order valence-corrected chi connectivity index (χ1v) is 7.82. The molecule has 1 atom stereocenters. The molecule has 2 N–H and O–H groups in total. The number of benzene rings is 1. The highest BCUT2D eigenvalue weighted by molar-refractivity contribution is 5.73. The third-order valence-electron chi connectivity index (χ3n) is 4.03. The van der Waals surface area contributed by atoms with E-state index in [0.717, 1.165) is 11.1 Å². The van der Waals surface area contributed by atoms with E-state index in [1.807, 2.05) is 6.92 Å². The number of rotatable bonds is 5. The Morgan fingerprint density at radius 1 is 1.42 bits per heavy atom. The van der Waals surface area contributed by atoms with Crippen molar-refractivity contribution >= 4 is 5.82 Å². The minimum Gasteiger partial charge on any atom is -0.507 e. The summed E-state index contributed by atoms with van der Waals surface area (Å²) in [5.41, 5.74) is 2.51. The summed E-state index contributed by atoms with van der Waals surface area (Å²) in [5, 5.41) is 21.4. The van der Waals surface area contributed by atoms with Gasteiger partial charge in [0.25, 0.3) is 0 Å². The van der Waals surface area contributed by atoms with Crippen molar-refractivity contribution in [2.24, 2.45) is 0 Å². The lowest BCUT2D eigenvalue weighted by Crippen LogP contribution is -2.11. The third-order valence-corrected chi connectivity index (χ3v) is 4.03. The molecule has 24 heavy (non-hydrogen) atoms. The summed E-state index contributed by atoms with van der Waals surface area (Å²) in [6.07, 6.45) is -0.299. The zero-order valence-corrected chi connectivity index (χ0v) is 13.9. The Balaban J connectivity index is 2.14. The monoisotopic (exact) mass is 333 g/mol. The van der Waals surface area contributed by atoms with Gasteiger partial charge in [-0.1, -0.05) is 0 Å². The predicted molar refractivity (Wildman–Crippen MR) is 87.4 cm³/mol. The van der Waals surface area contributed by atoms with Gasteiger partial charge in [-0.3, -0.25) is 0 Å². The number of hydrogen-bond donors (Lipinski definition) is 2. The molecule has 0 fully saturated rings. The fourth-order valence-electron chi connectivity index (χ4n) is 2.95. The molecule has 2 heterocycles. The van der Waals surface area contributed by atoms with Crippen molar-refractivity contribution in [1.82, 2.24) is 10.2 Å². The maximum atomic E-state index is 14.4. The van der Waals surface area contributed by atoms with Crippen LogP contribution in [-0.2, 0) is 16.1 Å². The Hall–Kier alpha value is -2.25. The van der Waals surface area contributed by atoms with E-state index >= 15 is 0 Å². The number of phenols is 1. The number of aryl methyl sites for hydroxylation is 1. The number of hydrogen-bond acceptors (Lipinski definition) is 6. The van der Waals surface area contributed by atoms with E-state index < -0.39 is 5.82 Å². The second-order valence-corrected chi connectivity index (χ2v) is 5.64. The minimum atomic E-state index is -0.533. The number of fused-ring (bicyclic) bond motifs is 1. The number of phenolic OH excluding ortho intramolecular Hbond substituents is 1. The van der Waals surface area contributed by atoms with Crippen LogP contribution in [0.15, 0.2) is 12.1 Å². The van der Waals surface area contributed by atoms with Gasteiger partial charge in [-0.15, -0.1) is 10.2 Å². The fraction of sp³-hybridized carbons (Fsp3) is 0.412. The molecular weight excluding hydrogens is 313 g/mol. The Labute approximate surface area is 139 Å². The van der Waals surface area contributed by atoms with Crippen LogP contribution in [0.5, 0.6) is 5.75 Å². The standard InChI is InChI=1S/C17H20FN3O3/c1-4-23-8-13-14-10(7-24-13)16(20-21-17(14)19-3)15-11(18)5-9(2)6-12(15)22/h5-6,13,22H,4,7-8H2,1-3H3,(H,19,21)/t13-/m1/s1. The lowest BCUT2D eigenvalue weighted by atomic mass is 9.99. The van der Waals surface area contributed by atoms with Gasteiger partial charge in [-0.2, -0.15) is 0 Å². The summed E-state index contributed by atoms with van der Waals surface area (Å²) in [6.45, 7) is 4.84. The number of nitrogens with zero attached hydrogens (tertiary/aromatic N) is 2. The quantitative estimate of drug-likeness (QED) is 0.876. The molecule has 3 rings (SSSR count). The minimum absolute atomic E-state index is 0.0488. The number of aromatic nitrogens is 2. The van der Waals surface area contributed by atoms with Gasteiger partial charge >= 0.3 is 0 Å². The van der Waals surface area contributed by atoms with Crippen molar-refractivity contribution in [2.75, 3.05) is 25.6 Å². The van der Waals surface area contributed by atoms with Gasteiger partial charge in [-0.25, -0.2) is 4.39 Å². The van der Waals surface area contributed by atoms with Crippen LogP contribution in [0.2, 0.25) is 0 Å². The fourth-order valence-corrected chi connectivity index (χ4v) is 2.95. The van der Waals surface area contributed by atoms with Gasteiger partial charge in [0.1, 0.15) is 23.4 Å². The van der Waals surface area contributed by atoms with Gasteiger partial charge in [0.15, 0.2) is 5.82 Å². The molecule has 7 heteroatoms. The van der Waals surface area contributed by atoms with Crippen molar-refractivity contribution in [3.05, 3.63) is 34.6 Å². The molecule has 128 valence electrons. The van der Waals surface area contributed by atoms with Crippen molar-refractivity contribution < 1.29 is 19.0 Å². The highest BCUT2D eigenvalue weighted by Gasteiger charge is 2.32. The average Bonchev–Trinajstić information content (AvgIpc) is 2.96. The van der Waals surface area contributed by atoms with Crippen LogP contribution in [0.1, 0.15) is 29.7 Å². The lowest BCUT2D eigenvalue weighted by Gasteiger charge is -2.15. The zero-order chi connectivity index (χ0) is 17.3. The Morgan fingerprint density at radius 2 is 2.21 bits per heavy atom. The maximum absolute atomic E-state index is 14.4. The molecule has 0 saturated heterocycles. The van der Waals surface area contributed by atoms with Gasteiger partial charge in [0.05, 0.1) is 18.8 Å². The molecular formula is C17H20FN3O3. The molecule has 2 aromatic rings. The molecule has 0 radical (unpaired) electrons. The molecule has 0 saturated carbocycles. The van der Waals surface area contributed by atoms with E-state index in [1.165, 1.54) is 12.1 Å². The van der Waals surface area contributed by atoms with Crippen molar-refractivity contribution in [3.63, 3.8) is 0 Å². The number of nitrogens with one attached hydrogen (secondary N) is 1. The van der Waals surface area contributed by atoms with E-state index in [-0.39, 0.29) is 24.0 Å². The first-order chi connectivity index (χ1) is 11.6. The first kappa shape index (κ1) is 16.6. The van der Waals surface area contributed by atoms with Crippen LogP contribution in [0.4, 0.5) is 10.2 Å². The van der Waals surface area contributed by atoms with Crippen LogP contribution < -0.4 is 5.32 Å². The SMILES string of the molecule is CCOC[C@H]1OCc2c(-c3c(O)cc(C)cc3F)nnc(NC)c21. The molecule has 1 aromatic heterocycles. The highest BCUT2D eigenvalue weighted by Crippen LogP contribution is 2.42. The van der Waals surface area contributed by atoms with Crippen LogP contribution in [-0.4, -0.2) is 35.6 Å². The molecule has 1 aromatic carbocycles. The maximum Gasteiger partial charge on any atom is 0.154 e. The molecule has 0 aliphatic carbocycles. The normalized spacial score (nSPS) is 16.2. The molecule has 0 unspecified atom stereocenters. The largest absolute Gasteiger partial charge is 0.507 e. The van der Waals surface area contributed by atoms with Gasteiger partial charge in [0.2, 0.25) is 0 Å². The smallest absolute Gasteiger partial charge is 0.154 e. The van der Waals surface area contributed by atoms with Crippen molar-refractivity contribution in [1.29, 1.82) is 0 Å². The van der Waals surface area contributed by atoms with E-state index in [0.29, 0.717) is 30.3 Å². The van der Waals surface area contributed by atoms with Crippen LogP contribution >= 0.6 is 0 Å². The second-order valence-electron chi connectivity index (χ2n) is 5.64. The van der Waals surface area contributed by atoms with Gasteiger partial charge < -0.3 is 19.9 Å². The number of ether oxygens (including phenoxy) is 2. The lowest BCUT2D eigenvalue weighted by molar-refractivity contribution is -0.00542. The average molecular weight is 333 g/mol. The predicted octanol–water partition coefficient (Wildman–Crippen LogP) is 2.95. The molecule has 6 nitrogen and oxygen atoms in total. The van der Waals surface area contributed by atoms with Crippen LogP contribution in [0.3, 0.4) is 0 Å². The topological polar surface area (TPSA) is 76.5 Å². The summed E-state index contributed by atoms with van der Waals surface area (Å²) in [7, 11) is 1.74. The highest BCUT2D eigenvalue weighted by atomic mass is 19.1. The van der Waals surface area contributed by atoms with E-state index in [1.54, 1.807) is 14.0 Å². The number of halogens is 1. The Kier molecular flexibility index (Phi) is 4.64. The number of anilines is 1. The molecule has 1 aliphatic rings. The Morgan fingerprint density at radius 3 is 2.88 bits per heavy atom.